The van der Waals surface area contributed by atoms with Crippen LogP contribution in [0, 0.1) is 0 Å². The van der Waals surface area contributed by atoms with Crippen LogP contribution in [0.2, 0.25) is 0 Å². The molecule has 0 amide bonds. The lowest BCUT2D eigenvalue weighted by molar-refractivity contribution is 0.482. The van der Waals surface area contributed by atoms with Crippen molar-refractivity contribution in [2.45, 2.75) is 57.3 Å². The van der Waals surface area contributed by atoms with E-state index in [0.29, 0.717) is 0 Å². The molecule has 0 aliphatic heterocycles. The number of hydrogen-bond acceptors (Lipinski definition) is 3. The third-order valence-corrected chi connectivity index (χ3v) is 4.87. The molecule has 2 rings (SSSR count). The first kappa shape index (κ1) is 12.1. The molecule has 1 aliphatic rings. The molecule has 0 unspecified atom stereocenters. The fraction of sp³-hybridized carbons (Fsp3) is 0.769. The van der Waals surface area contributed by atoms with E-state index < -0.39 is 0 Å². The maximum Gasteiger partial charge on any atom is 0.0985 e. The molecule has 0 radical (unpaired) electrons. The van der Waals surface area contributed by atoms with Crippen molar-refractivity contribution in [2.75, 3.05) is 6.54 Å². The van der Waals surface area contributed by atoms with Gasteiger partial charge in [-0.1, -0.05) is 26.7 Å². The van der Waals surface area contributed by atoms with Gasteiger partial charge in [0.1, 0.15) is 0 Å². The number of nitrogens with zero attached hydrogens (tertiary/aromatic N) is 1. The van der Waals surface area contributed by atoms with Crippen molar-refractivity contribution in [3.8, 4) is 0 Å². The summed E-state index contributed by atoms with van der Waals surface area (Å²) in [6, 6.07) is 0. The van der Waals surface area contributed by atoms with E-state index in [1.807, 2.05) is 11.3 Å². The topological polar surface area (TPSA) is 38.9 Å². The first-order valence-corrected chi connectivity index (χ1v) is 7.17. The summed E-state index contributed by atoms with van der Waals surface area (Å²) in [5.41, 5.74) is 7.14. The Balaban J connectivity index is 2.12. The van der Waals surface area contributed by atoms with Crippen LogP contribution < -0.4 is 5.73 Å². The summed E-state index contributed by atoms with van der Waals surface area (Å²) in [6.07, 6.45) is 6.44. The molecule has 1 fully saturated rings. The SMILES string of the molecule is CC(C)(CCN)c1nc(C2CCCC2)cs1. The molecule has 16 heavy (non-hydrogen) atoms. The van der Waals surface area contributed by atoms with E-state index in [0.717, 1.165) is 18.9 Å². The molecular weight excluding hydrogens is 216 g/mol. The van der Waals surface area contributed by atoms with E-state index in [1.54, 1.807) is 0 Å². The molecule has 90 valence electrons. The van der Waals surface area contributed by atoms with E-state index in [-0.39, 0.29) is 5.41 Å². The summed E-state index contributed by atoms with van der Waals surface area (Å²) in [7, 11) is 0. The number of hydrogen-bond donors (Lipinski definition) is 1. The Hall–Kier alpha value is -0.410. The minimum absolute atomic E-state index is 0.149. The van der Waals surface area contributed by atoms with Crippen molar-refractivity contribution in [2.24, 2.45) is 5.73 Å². The molecule has 2 N–H and O–H groups in total. The van der Waals surface area contributed by atoms with Crippen molar-refractivity contribution in [3.63, 3.8) is 0 Å². The lowest BCUT2D eigenvalue weighted by atomic mass is 9.90. The molecule has 0 atom stereocenters. The molecule has 0 spiro atoms. The quantitative estimate of drug-likeness (QED) is 0.873. The van der Waals surface area contributed by atoms with Gasteiger partial charge < -0.3 is 5.73 Å². The fourth-order valence-electron chi connectivity index (χ4n) is 2.47. The zero-order valence-corrected chi connectivity index (χ0v) is 11.1. The van der Waals surface area contributed by atoms with Crippen LogP contribution in [0.15, 0.2) is 5.38 Å². The minimum Gasteiger partial charge on any atom is -0.330 e. The number of nitrogens with two attached hydrogens (primary N) is 1. The Kier molecular flexibility index (Phi) is 3.65. The first-order valence-electron chi connectivity index (χ1n) is 6.29. The zero-order valence-electron chi connectivity index (χ0n) is 10.3. The number of rotatable bonds is 4. The Labute approximate surface area is 102 Å². The first-order chi connectivity index (χ1) is 7.63. The van der Waals surface area contributed by atoms with Gasteiger partial charge in [0.05, 0.1) is 10.7 Å². The van der Waals surface area contributed by atoms with E-state index in [1.165, 1.54) is 36.4 Å². The van der Waals surface area contributed by atoms with Gasteiger partial charge in [-0.05, 0) is 25.8 Å². The number of thiazole rings is 1. The molecule has 2 nitrogen and oxygen atoms in total. The van der Waals surface area contributed by atoms with Crippen LogP contribution in [0.1, 0.15) is 62.6 Å². The third kappa shape index (κ3) is 2.46. The Morgan fingerprint density at radius 1 is 1.44 bits per heavy atom. The smallest absolute Gasteiger partial charge is 0.0985 e. The molecule has 1 aliphatic carbocycles. The van der Waals surface area contributed by atoms with Crippen molar-refractivity contribution in [3.05, 3.63) is 16.1 Å². The van der Waals surface area contributed by atoms with Gasteiger partial charge in [0.15, 0.2) is 0 Å². The molecule has 0 aromatic carbocycles. The summed E-state index contributed by atoms with van der Waals surface area (Å²) in [5, 5.41) is 3.53. The molecule has 1 aromatic rings. The van der Waals surface area contributed by atoms with Gasteiger partial charge in [0.25, 0.3) is 0 Å². The normalized spacial score (nSPS) is 18.2. The fourth-order valence-corrected chi connectivity index (χ4v) is 3.53. The van der Waals surface area contributed by atoms with Crippen molar-refractivity contribution in [1.82, 2.24) is 4.98 Å². The molecule has 3 heteroatoms. The maximum atomic E-state index is 5.66. The highest BCUT2D eigenvalue weighted by Crippen LogP contribution is 2.37. The summed E-state index contributed by atoms with van der Waals surface area (Å²) in [4.78, 5) is 4.85. The summed E-state index contributed by atoms with van der Waals surface area (Å²) in [5.74, 6) is 0.735. The van der Waals surface area contributed by atoms with Crippen LogP contribution in [-0.4, -0.2) is 11.5 Å². The van der Waals surface area contributed by atoms with E-state index in [9.17, 15) is 0 Å². The second-order valence-electron chi connectivity index (χ2n) is 5.48. The second kappa shape index (κ2) is 4.84. The Morgan fingerprint density at radius 2 is 2.12 bits per heavy atom. The highest BCUT2D eigenvalue weighted by atomic mass is 32.1. The Morgan fingerprint density at radius 3 is 2.75 bits per heavy atom. The van der Waals surface area contributed by atoms with E-state index in [4.69, 9.17) is 10.7 Å². The predicted octanol–water partition coefficient (Wildman–Crippen LogP) is 3.43. The lowest BCUT2D eigenvalue weighted by Gasteiger charge is -2.20. The van der Waals surface area contributed by atoms with Crippen LogP contribution in [0.3, 0.4) is 0 Å². The van der Waals surface area contributed by atoms with Crippen molar-refractivity contribution >= 4 is 11.3 Å². The number of aromatic nitrogens is 1. The maximum absolute atomic E-state index is 5.66. The summed E-state index contributed by atoms with van der Waals surface area (Å²) in [6.45, 7) is 5.24. The second-order valence-corrected chi connectivity index (χ2v) is 6.34. The largest absolute Gasteiger partial charge is 0.330 e. The molecule has 1 heterocycles. The lowest BCUT2D eigenvalue weighted by Crippen LogP contribution is -2.21. The van der Waals surface area contributed by atoms with Crippen LogP contribution in [0.25, 0.3) is 0 Å². The average Bonchev–Trinajstić information content (AvgIpc) is 2.89. The predicted molar refractivity (Wildman–Crippen MR) is 70.0 cm³/mol. The van der Waals surface area contributed by atoms with Gasteiger partial charge in [-0.25, -0.2) is 4.98 Å². The summed E-state index contributed by atoms with van der Waals surface area (Å²) < 4.78 is 0. The van der Waals surface area contributed by atoms with Crippen molar-refractivity contribution in [1.29, 1.82) is 0 Å². The average molecular weight is 238 g/mol. The molecule has 1 saturated carbocycles. The van der Waals surface area contributed by atoms with Gasteiger partial charge in [-0.3, -0.25) is 0 Å². The van der Waals surface area contributed by atoms with E-state index >= 15 is 0 Å². The molecule has 1 aromatic heterocycles. The van der Waals surface area contributed by atoms with Crippen molar-refractivity contribution < 1.29 is 0 Å². The van der Waals surface area contributed by atoms with Crippen LogP contribution in [0.4, 0.5) is 0 Å². The van der Waals surface area contributed by atoms with Crippen LogP contribution in [-0.2, 0) is 5.41 Å². The van der Waals surface area contributed by atoms with Gasteiger partial charge >= 0.3 is 0 Å². The minimum atomic E-state index is 0.149. The van der Waals surface area contributed by atoms with Gasteiger partial charge in [-0.15, -0.1) is 11.3 Å². The highest BCUT2D eigenvalue weighted by molar-refractivity contribution is 7.09. The zero-order chi connectivity index (χ0) is 11.6. The highest BCUT2D eigenvalue weighted by Gasteiger charge is 2.26. The molecule has 0 saturated heterocycles. The van der Waals surface area contributed by atoms with Crippen LogP contribution in [0.5, 0.6) is 0 Å². The van der Waals surface area contributed by atoms with E-state index in [2.05, 4.69) is 19.2 Å². The summed E-state index contributed by atoms with van der Waals surface area (Å²) >= 11 is 1.82. The van der Waals surface area contributed by atoms with Gasteiger partial charge in [0, 0.05) is 16.7 Å². The van der Waals surface area contributed by atoms with Crippen LogP contribution >= 0.6 is 11.3 Å². The van der Waals surface area contributed by atoms with Gasteiger partial charge in [0.2, 0.25) is 0 Å². The van der Waals surface area contributed by atoms with Gasteiger partial charge in [-0.2, -0.15) is 0 Å². The monoisotopic (exact) mass is 238 g/mol. The Bertz CT molecular complexity index is 337. The third-order valence-electron chi connectivity index (χ3n) is 3.64. The molecular formula is C13H22N2S. The molecule has 0 bridgehead atoms. The standard InChI is InChI=1S/C13H22N2S/c1-13(2,7-8-14)12-15-11(9-16-12)10-5-3-4-6-10/h9-10H,3-8,14H2,1-2H3.